The topological polar surface area (TPSA) is 274 Å². The van der Waals surface area contributed by atoms with Crippen LogP contribution in [0.1, 0.15) is 58.2 Å². The molecule has 592 valence electrons. The minimum absolute atomic E-state index is 0.0561. The molecule has 0 radical (unpaired) electrons. The Bertz CT molecular complexity index is 4150. The maximum absolute atomic E-state index is 14.5. The average molecular weight is 1540 g/mol. The van der Waals surface area contributed by atoms with E-state index in [4.69, 9.17) is 85.0 Å². The molecule has 3 aliphatic heterocycles. The standard InChI is InChI=1S/C85H101N3O22Si/c1-53(89)86-73-79(101-47-56-23-29-59(93-7)30-24-56)76(92)70(50-99-65-41-35-62(96-10)36-42-65)106-83(73)109-77-71(51-100-66-43-37-63(97-11)38-44-66)107-84(75(88-55(3)91)81(77)103-49-58-27-33-61(95-9)34-28-58)110-78-72(52-104-111(85(4,5)6,68-19-15-13-16-20-68)69-21-17-14-18-22-69)108-82(105-67-45-39-64(98-12)40-46-67)74(87-54(2)90)80(78)102-48-57-25-31-60(94-8)32-26-57/h13-46,70-84,92H,47-52H2,1-12H3,(H,86,89)(H,87,90)(H,88,91)/t70-,71-,72-,73-,74-,75-,76-,77-,78-,79-,80-,81-,82-,83+,84+/m1/s1. The first kappa shape index (κ1) is 82.2. The third kappa shape index (κ3) is 21.1. The van der Waals surface area contributed by atoms with Crippen molar-refractivity contribution in [1.29, 1.82) is 0 Å². The second-order valence-electron chi connectivity index (χ2n) is 28.1. The number of rotatable bonds is 35. The fraction of sp³-hybridized carbons (Fsp3) is 0.400. The zero-order valence-corrected chi connectivity index (χ0v) is 65.6. The Morgan fingerprint density at radius 2 is 0.667 bits per heavy atom. The third-order valence-electron chi connectivity index (χ3n) is 19.6. The van der Waals surface area contributed by atoms with Crippen LogP contribution in [0, 0.1) is 0 Å². The van der Waals surface area contributed by atoms with Crippen molar-refractivity contribution in [2.45, 2.75) is 158 Å². The largest absolute Gasteiger partial charge is 0.497 e. The summed E-state index contributed by atoms with van der Waals surface area (Å²) in [5.41, 5.74) is 2.11. The number of amides is 3. The normalized spacial score (nSPS) is 23.9. The van der Waals surface area contributed by atoms with E-state index in [-0.39, 0.29) is 39.6 Å². The zero-order valence-electron chi connectivity index (χ0n) is 64.6. The van der Waals surface area contributed by atoms with Crippen LogP contribution in [0.4, 0.5) is 0 Å². The molecule has 0 unspecified atom stereocenters. The van der Waals surface area contributed by atoms with Gasteiger partial charge in [0, 0.05) is 20.8 Å². The summed E-state index contributed by atoms with van der Waals surface area (Å²) in [5, 5.41) is 23.4. The molecule has 25 nitrogen and oxygen atoms in total. The fourth-order valence-electron chi connectivity index (χ4n) is 14.1. The Kier molecular flexibility index (Phi) is 28.8. The first-order valence-electron chi connectivity index (χ1n) is 36.8. The van der Waals surface area contributed by atoms with Crippen LogP contribution in [0.15, 0.2) is 206 Å². The average Bonchev–Trinajstić information content (AvgIpc) is 0.759. The van der Waals surface area contributed by atoms with Gasteiger partial charge in [0.2, 0.25) is 24.0 Å². The lowest BCUT2D eigenvalue weighted by molar-refractivity contribution is -0.356. The van der Waals surface area contributed by atoms with Gasteiger partial charge in [-0.05, 0) is 141 Å². The number of hydrogen-bond acceptors (Lipinski definition) is 22. The van der Waals surface area contributed by atoms with Crippen LogP contribution >= 0.6 is 0 Å². The van der Waals surface area contributed by atoms with Crippen LogP contribution in [0.25, 0.3) is 0 Å². The fourth-order valence-corrected chi connectivity index (χ4v) is 18.6. The monoisotopic (exact) mass is 1540 g/mol. The molecule has 3 heterocycles. The molecule has 11 rings (SSSR count). The van der Waals surface area contributed by atoms with Gasteiger partial charge in [0.05, 0.1) is 69.1 Å². The van der Waals surface area contributed by atoms with Crippen molar-refractivity contribution in [1.82, 2.24) is 16.0 Å². The molecule has 0 saturated carbocycles. The lowest BCUT2D eigenvalue weighted by Crippen LogP contribution is -2.72. The summed E-state index contributed by atoms with van der Waals surface area (Å²) in [7, 11) is 5.90. The molecule has 0 spiro atoms. The second kappa shape index (κ2) is 38.9. The van der Waals surface area contributed by atoms with E-state index in [9.17, 15) is 19.5 Å². The van der Waals surface area contributed by atoms with Gasteiger partial charge < -0.3 is 106 Å². The van der Waals surface area contributed by atoms with Crippen LogP contribution in [0.5, 0.6) is 51.7 Å². The van der Waals surface area contributed by atoms with Gasteiger partial charge in [-0.15, -0.1) is 0 Å². The van der Waals surface area contributed by atoms with E-state index in [1.807, 2.05) is 84.9 Å². The molecule has 15 atom stereocenters. The molecule has 3 aliphatic rings. The number of aliphatic hydroxyl groups excluding tert-OH is 1. The second-order valence-corrected chi connectivity index (χ2v) is 32.4. The number of carbonyl (C=O) groups is 3. The van der Waals surface area contributed by atoms with Gasteiger partial charge in [0.25, 0.3) is 8.32 Å². The highest BCUT2D eigenvalue weighted by Crippen LogP contribution is 2.41. The summed E-state index contributed by atoms with van der Waals surface area (Å²) in [6, 6.07) is 59.0. The summed E-state index contributed by atoms with van der Waals surface area (Å²) < 4.78 is 120. The van der Waals surface area contributed by atoms with Gasteiger partial charge in [0.15, 0.2) is 12.6 Å². The van der Waals surface area contributed by atoms with Crippen LogP contribution in [0.2, 0.25) is 5.04 Å². The molecule has 111 heavy (non-hydrogen) atoms. The van der Waals surface area contributed by atoms with Crippen LogP contribution in [0.3, 0.4) is 0 Å². The molecule has 3 fully saturated rings. The number of benzene rings is 8. The number of carbonyl (C=O) groups excluding carboxylic acids is 3. The molecule has 8 aromatic rings. The van der Waals surface area contributed by atoms with E-state index in [0.29, 0.717) is 62.9 Å². The molecule has 26 heteroatoms. The first-order valence-corrected chi connectivity index (χ1v) is 38.7. The summed E-state index contributed by atoms with van der Waals surface area (Å²) in [5.74, 6) is 3.19. The highest BCUT2D eigenvalue weighted by Gasteiger charge is 2.58. The smallest absolute Gasteiger partial charge is 0.261 e. The first-order chi connectivity index (χ1) is 53.7. The molecule has 3 amide bonds. The summed E-state index contributed by atoms with van der Waals surface area (Å²) in [4.78, 5) is 42.4. The van der Waals surface area contributed by atoms with Crippen molar-refractivity contribution in [3.63, 3.8) is 0 Å². The number of nitrogens with one attached hydrogen (secondary N) is 3. The number of aliphatic hydroxyl groups is 1. The molecule has 3 saturated heterocycles. The van der Waals surface area contributed by atoms with Crippen molar-refractivity contribution < 1.29 is 104 Å². The van der Waals surface area contributed by atoms with E-state index in [1.54, 1.807) is 140 Å². The molecular weight excluding hydrogens is 1440 g/mol. The lowest BCUT2D eigenvalue weighted by atomic mass is 9.93. The van der Waals surface area contributed by atoms with Gasteiger partial charge in [-0.2, -0.15) is 0 Å². The molecular formula is C85H101N3O22Si. The van der Waals surface area contributed by atoms with Crippen LogP contribution in [-0.4, -0.2) is 186 Å². The zero-order chi connectivity index (χ0) is 78.6. The molecule has 0 bridgehead atoms. The predicted octanol–water partition coefficient (Wildman–Crippen LogP) is 9.43. The van der Waals surface area contributed by atoms with Gasteiger partial charge >= 0.3 is 0 Å². The minimum atomic E-state index is -3.49. The van der Waals surface area contributed by atoms with Crippen molar-refractivity contribution in [3.8, 4) is 51.7 Å². The van der Waals surface area contributed by atoms with Crippen LogP contribution in [-0.2, 0) is 76.5 Å². The Morgan fingerprint density at radius 3 is 1.03 bits per heavy atom. The maximum atomic E-state index is 14.5. The third-order valence-corrected chi connectivity index (χ3v) is 24.6. The molecule has 8 aromatic carbocycles. The Hall–Kier alpha value is -9.81. The molecule has 0 aliphatic carbocycles. The summed E-state index contributed by atoms with van der Waals surface area (Å²) in [6.45, 7) is 9.53. The quantitative estimate of drug-likeness (QED) is 0.0269. The van der Waals surface area contributed by atoms with Crippen molar-refractivity contribution in [2.75, 3.05) is 62.5 Å². The van der Waals surface area contributed by atoms with Gasteiger partial charge in [0.1, 0.15) is 138 Å². The van der Waals surface area contributed by atoms with E-state index in [1.165, 1.54) is 20.8 Å². The number of hydrogen-bond donors (Lipinski definition) is 4. The Balaban J connectivity index is 1.08. The summed E-state index contributed by atoms with van der Waals surface area (Å²) in [6.07, 6.45) is -16.3. The maximum Gasteiger partial charge on any atom is 0.261 e. The molecule has 4 N–H and O–H groups in total. The Morgan fingerprint density at radius 1 is 0.369 bits per heavy atom. The number of ether oxygens (including phenoxy) is 17. The lowest BCUT2D eigenvalue weighted by Gasteiger charge is -2.52. The van der Waals surface area contributed by atoms with Gasteiger partial charge in [-0.3, -0.25) is 14.4 Å². The van der Waals surface area contributed by atoms with E-state index < -0.39 is 123 Å². The van der Waals surface area contributed by atoms with Crippen molar-refractivity contribution >= 4 is 36.4 Å². The van der Waals surface area contributed by atoms with E-state index in [0.717, 1.165) is 15.9 Å². The number of methoxy groups -OCH3 is 6. The highest BCUT2D eigenvalue weighted by atomic mass is 28.4. The SMILES string of the molecule is COc1ccc(CO[C@@H]2[C@@H](NC(C)=O)[C@H](Oc3ccc(OC)cc3)O[C@H](CO[Si](c3ccccc3)(c3ccccc3)C(C)(C)C)[C@H]2O[C@@H]2O[C@H](COc3ccc(OC)cc3)[C@@H](O[C@@H]3O[C@H](COc4ccc(OC)cc4)[C@@H](O)[C@H](OCc4ccc(OC)cc4)[C@H]3NC(C)=O)[C@H](OCc3ccc(OC)cc3)[C@H]2NC(C)=O)cc1. The van der Waals surface area contributed by atoms with Gasteiger partial charge in [-0.25, -0.2) is 0 Å². The molecule has 0 aromatic heterocycles. The van der Waals surface area contributed by atoms with Crippen molar-refractivity contribution in [2.24, 2.45) is 0 Å². The summed E-state index contributed by atoms with van der Waals surface area (Å²) >= 11 is 0. The predicted molar refractivity (Wildman–Crippen MR) is 413 cm³/mol. The minimum Gasteiger partial charge on any atom is -0.497 e. The van der Waals surface area contributed by atoms with E-state index in [2.05, 4.69) is 61.0 Å². The van der Waals surface area contributed by atoms with Gasteiger partial charge in [-0.1, -0.05) is 118 Å². The van der Waals surface area contributed by atoms with Crippen LogP contribution < -0.4 is 69.0 Å². The van der Waals surface area contributed by atoms with E-state index >= 15 is 0 Å². The van der Waals surface area contributed by atoms with Crippen molar-refractivity contribution in [3.05, 3.63) is 223 Å². The highest BCUT2D eigenvalue weighted by molar-refractivity contribution is 6.99. The Labute approximate surface area is 649 Å².